The summed E-state index contributed by atoms with van der Waals surface area (Å²) in [5, 5.41) is 15.9. The number of carbonyl (C=O) groups is 1. The van der Waals surface area contributed by atoms with Crippen LogP contribution >= 0.6 is 0 Å². The maximum absolute atomic E-state index is 11.9. The standard InChI is InChI=1S/C13H14N2O4/c1-8-3-4-10(12(16)5-8)14-13(17)11-6-9(7-18-2)19-15-11/h3-6,16H,7H2,1-2H3,(H,14,17). The topological polar surface area (TPSA) is 84.6 Å². The third-order valence-corrected chi connectivity index (χ3v) is 2.48. The van der Waals surface area contributed by atoms with Gasteiger partial charge in [0.05, 0.1) is 5.69 Å². The molecule has 19 heavy (non-hydrogen) atoms. The minimum atomic E-state index is -0.453. The first-order valence-electron chi connectivity index (χ1n) is 5.65. The number of nitrogens with zero attached hydrogens (tertiary/aromatic N) is 1. The van der Waals surface area contributed by atoms with Crippen molar-refractivity contribution in [3.63, 3.8) is 0 Å². The van der Waals surface area contributed by atoms with Crippen LogP contribution in [0.2, 0.25) is 0 Å². The van der Waals surface area contributed by atoms with Crippen LogP contribution in [-0.2, 0) is 11.3 Å². The maximum Gasteiger partial charge on any atom is 0.277 e. The first-order valence-corrected chi connectivity index (χ1v) is 5.65. The highest BCUT2D eigenvalue weighted by atomic mass is 16.5. The van der Waals surface area contributed by atoms with E-state index in [0.29, 0.717) is 11.4 Å². The van der Waals surface area contributed by atoms with Gasteiger partial charge in [0, 0.05) is 13.2 Å². The second kappa shape index (κ2) is 5.53. The predicted octanol–water partition coefficient (Wildman–Crippen LogP) is 2.09. The van der Waals surface area contributed by atoms with Crippen molar-refractivity contribution < 1.29 is 19.2 Å². The Morgan fingerprint density at radius 3 is 2.95 bits per heavy atom. The van der Waals surface area contributed by atoms with E-state index in [9.17, 15) is 9.90 Å². The number of anilines is 1. The van der Waals surface area contributed by atoms with Crippen LogP contribution in [0, 0.1) is 6.92 Å². The van der Waals surface area contributed by atoms with Gasteiger partial charge in [-0.1, -0.05) is 11.2 Å². The highest BCUT2D eigenvalue weighted by Gasteiger charge is 2.14. The Labute approximate surface area is 110 Å². The first kappa shape index (κ1) is 13.1. The lowest BCUT2D eigenvalue weighted by molar-refractivity contribution is 0.101. The summed E-state index contributed by atoms with van der Waals surface area (Å²) in [5.41, 5.74) is 1.36. The van der Waals surface area contributed by atoms with Gasteiger partial charge in [-0.15, -0.1) is 0 Å². The number of carbonyl (C=O) groups excluding carboxylic acids is 1. The molecule has 100 valence electrons. The lowest BCUT2D eigenvalue weighted by Gasteiger charge is -2.05. The summed E-state index contributed by atoms with van der Waals surface area (Å²) in [4.78, 5) is 11.9. The van der Waals surface area contributed by atoms with Gasteiger partial charge in [-0.2, -0.15) is 0 Å². The molecule has 0 aliphatic carbocycles. The fourth-order valence-corrected chi connectivity index (χ4v) is 1.56. The van der Waals surface area contributed by atoms with E-state index in [1.165, 1.54) is 13.2 Å². The van der Waals surface area contributed by atoms with Crippen LogP contribution in [0.3, 0.4) is 0 Å². The molecule has 0 fully saturated rings. The van der Waals surface area contributed by atoms with E-state index in [1.807, 2.05) is 6.92 Å². The van der Waals surface area contributed by atoms with Crippen LogP contribution in [0.1, 0.15) is 21.8 Å². The molecule has 1 aromatic carbocycles. The largest absolute Gasteiger partial charge is 0.506 e. The molecule has 0 radical (unpaired) electrons. The Hall–Kier alpha value is -2.34. The number of hydrogen-bond acceptors (Lipinski definition) is 5. The Kier molecular flexibility index (Phi) is 3.82. The Balaban J connectivity index is 2.11. The van der Waals surface area contributed by atoms with Gasteiger partial charge < -0.3 is 19.7 Å². The molecule has 2 aromatic rings. The first-order chi connectivity index (χ1) is 9.10. The SMILES string of the molecule is COCc1cc(C(=O)Nc2ccc(C)cc2O)no1. The normalized spacial score (nSPS) is 10.4. The summed E-state index contributed by atoms with van der Waals surface area (Å²) in [5.74, 6) is 0.0139. The summed E-state index contributed by atoms with van der Waals surface area (Å²) >= 11 is 0. The number of benzene rings is 1. The zero-order chi connectivity index (χ0) is 13.8. The number of aromatic nitrogens is 1. The van der Waals surface area contributed by atoms with Gasteiger partial charge in [-0.25, -0.2) is 0 Å². The van der Waals surface area contributed by atoms with E-state index in [0.717, 1.165) is 5.56 Å². The van der Waals surface area contributed by atoms with Crippen molar-refractivity contribution in [3.05, 3.63) is 41.3 Å². The van der Waals surface area contributed by atoms with Crippen LogP contribution < -0.4 is 5.32 Å². The zero-order valence-electron chi connectivity index (χ0n) is 10.6. The molecule has 1 heterocycles. The molecule has 6 heteroatoms. The van der Waals surface area contributed by atoms with E-state index in [1.54, 1.807) is 18.2 Å². The highest BCUT2D eigenvalue weighted by Crippen LogP contribution is 2.24. The molecule has 0 unspecified atom stereocenters. The van der Waals surface area contributed by atoms with Crippen LogP contribution in [-0.4, -0.2) is 23.3 Å². The minimum absolute atomic E-state index is 0.00830. The summed E-state index contributed by atoms with van der Waals surface area (Å²) in [6, 6.07) is 6.46. The molecule has 0 aliphatic heterocycles. The monoisotopic (exact) mass is 262 g/mol. The average molecular weight is 262 g/mol. The molecule has 0 bridgehead atoms. The number of methoxy groups -OCH3 is 1. The van der Waals surface area contributed by atoms with Crippen molar-refractivity contribution in [1.29, 1.82) is 0 Å². The lowest BCUT2D eigenvalue weighted by Crippen LogP contribution is -2.12. The van der Waals surface area contributed by atoms with Gasteiger partial charge in [-0.3, -0.25) is 4.79 Å². The lowest BCUT2D eigenvalue weighted by atomic mass is 10.2. The summed E-state index contributed by atoms with van der Waals surface area (Å²) in [6.45, 7) is 2.09. The van der Waals surface area contributed by atoms with E-state index in [2.05, 4.69) is 10.5 Å². The number of amides is 1. The quantitative estimate of drug-likeness (QED) is 0.824. The van der Waals surface area contributed by atoms with E-state index < -0.39 is 5.91 Å². The van der Waals surface area contributed by atoms with Gasteiger partial charge in [-0.05, 0) is 24.6 Å². The Bertz CT molecular complexity index is 592. The number of aromatic hydroxyl groups is 1. The number of rotatable bonds is 4. The zero-order valence-corrected chi connectivity index (χ0v) is 10.6. The third-order valence-electron chi connectivity index (χ3n) is 2.48. The Morgan fingerprint density at radius 1 is 1.47 bits per heavy atom. The molecule has 6 nitrogen and oxygen atoms in total. The molecular weight excluding hydrogens is 248 g/mol. The van der Waals surface area contributed by atoms with Crippen molar-refractivity contribution in [2.75, 3.05) is 12.4 Å². The van der Waals surface area contributed by atoms with Gasteiger partial charge in [0.1, 0.15) is 12.4 Å². The van der Waals surface area contributed by atoms with Gasteiger partial charge in [0.2, 0.25) is 0 Å². The van der Waals surface area contributed by atoms with Gasteiger partial charge in [0.25, 0.3) is 5.91 Å². The molecule has 0 atom stereocenters. The molecule has 1 amide bonds. The average Bonchev–Trinajstić information content (AvgIpc) is 2.82. The van der Waals surface area contributed by atoms with Gasteiger partial charge in [0.15, 0.2) is 11.5 Å². The fourth-order valence-electron chi connectivity index (χ4n) is 1.56. The Morgan fingerprint density at radius 2 is 2.26 bits per heavy atom. The number of ether oxygens (including phenoxy) is 1. The second-order valence-corrected chi connectivity index (χ2v) is 4.09. The summed E-state index contributed by atoms with van der Waals surface area (Å²) in [7, 11) is 1.52. The molecule has 0 spiro atoms. The number of phenols is 1. The highest BCUT2D eigenvalue weighted by molar-refractivity contribution is 6.03. The van der Waals surface area contributed by atoms with Crippen molar-refractivity contribution in [1.82, 2.24) is 5.16 Å². The molecule has 1 aromatic heterocycles. The van der Waals surface area contributed by atoms with Crippen molar-refractivity contribution in [3.8, 4) is 5.75 Å². The van der Waals surface area contributed by atoms with Crippen LogP contribution in [0.4, 0.5) is 5.69 Å². The fraction of sp³-hybridized carbons (Fsp3) is 0.231. The predicted molar refractivity (Wildman–Crippen MR) is 68.0 cm³/mol. The summed E-state index contributed by atoms with van der Waals surface area (Å²) in [6.07, 6.45) is 0. The molecule has 0 saturated heterocycles. The molecule has 0 aliphatic rings. The van der Waals surface area contributed by atoms with Gasteiger partial charge >= 0.3 is 0 Å². The maximum atomic E-state index is 11.9. The van der Waals surface area contributed by atoms with Crippen LogP contribution in [0.15, 0.2) is 28.8 Å². The second-order valence-electron chi connectivity index (χ2n) is 4.09. The van der Waals surface area contributed by atoms with E-state index in [4.69, 9.17) is 9.26 Å². The van der Waals surface area contributed by atoms with Crippen LogP contribution in [0.25, 0.3) is 0 Å². The van der Waals surface area contributed by atoms with Crippen molar-refractivity contribution in [2.45, 2.75) is 13.5 Å². The summed E-state index contributed by atoms with van der Waals surface area (Å²) < 4.78 is 9.78. The number of aryl methyl sites for hydroxylation is 1. The van der Waals surface area contributed by atoms with Crippen molar-refractivity contribution >= 4 is 11.6 Å². The molecular formula is C13H14N2O4. The third kappa shape index (κ3) is 3.11. The van der Waals surface area contributed by atoms with Crippen molar-refractivity contribution in [2.24, 2.45) is 0 Å². The smallest absolute Gasteiger partial charge is 0.277 e. The number of phenolic OH excluding ortho intramolecular Hbond substituents is 1. The molecule has 2 N–H and O–H groups in total. The minimum Gasteiger partial charge on any atom is -0.506 e. The van der Waals surface area contributed by atoms with E-state index >= 15 is 0 Å². The van der Waals surface area contributed by atoms with Crippen LogP contribution in [0.5, 0.6) is 5.75 Å². The molecule has 2 rings (SSSR count). The number of hydrogen-bond donors (Lipinski definition) is 2. The van der Waals surface area contributed by atoms with E-state index in [-0.39, 0.29) is 18.1 Å². The number of nitrogens with one attached hydrogen (secondary N) is 1. The molecule has 0 saturated carbocycles.